The van der Waals surface area contributed by atoms with Gasteiger partial charge in [0.2, 0.25) is 0 Å². The van der Waals surface area contributed by atoms with Crippen LogP contribution in [0.1, 0.15) is 11.1 Å². The van der Waals surface area contributed by atoms with Crippen LogP contribution in [0.25, 0.3) is 0 Å². The van der Waals surface area contributed by atoms with Crippen molar-refractivity contribution in [2.45, 2.75) is 20.0 Å². The number of aliphatic hydroxyl groups is 1. The van der Waals surface area contributed by atoms with E-state index in [0.717, 1.165) is 17.0 Å². The van der Waals surface area contributed by atoms with Crippen LogP contribution in [0.4, 0.5) is 5.69 Å². The Balaban J connectivity index is 1.80. The van der Waals surface area contributed by atoms with Crippen LogP contribution in [-0.2, 0) is 0 Å². The van der Waals surface area contributed by atoms with Gasteiger partial charge in [0.1, 0.15) is 18.5 Å². The number of halogens is 1. The number of nitrogens with one attached hydrogen (secondary N) is 1. The molecule has 112 valence electrons. The fourth-order valence-corrected chi connectivity index (χ4v) is 2.58. The summed E-state index contributed by atoms with van der Waals surface area (Å²) in [6, 6.07) is 14.1. The topological polar surface area (TPSA) is 41.5 Å². The molecule has 0 aliphatic carbocycles. The van der Waals surface area contributed by atoms with E-state index in [1.165, 1.54) is 9.13 Å². The van der Waals surface area contributed by atoms with Gasteiger partial charge in [0, 0.05) is 15.8 Å². The largest absolute Gasteiger partial charge is 0.491 e. The molecule has 0 saturated carbocycles. The number of anilines is 1. The van der Waals surface area contributed by atoms with E-state index in [9.17, 15) is 5.11 Å². The average Bonchev–Trinajstić information content (AvgIpc) is 2.44. The maximum Gasteiger partial charge on any atom is 0.122 e. The average molecular weight is 397 g/mol. The lowest BCUT2D eigenvalue weighted by Crippen LogP contribution is -2.26. The number of rotatable bonds is 6. The first-order valence-corrected chi connectivity index (χ1v) is 8.00. The zero-order chi connectivity index (χ0) is 15.2. The Morgan fingerprint density at radius 3 is 2.71 bits per heavy atom. The summed E-state index contributed by atoms with van der Waals surface area (Å²) >= 11 is 2.27. The lowest BCUT2D eigenvalue weighted by Gasteiger charge is -2.15. The summed E-state index contributed by atoms with van der Waals surface area (Å²) in [5, 5.41) is 13.2. The van der Waals surface area contributed by atoms with Gasteiger partial charge in [-0.25, -0.2) is 0 Å². The maximum atomic E-state index is 10.00. The van der Waals surface area contributed by atoms with Gasteiger partial charge in [-0.1, -0.05) is 23.8 Å². The second-order valence-electron chi connectivity index (χ2n) is 5.13. The molecule has 0 radical (unpaired) electrons. The van der Waals surface area contributed by atoms with Crippen molar-refractivity contribution in [2.75, 3.05) is 18.5 Å². The minimum absolute atomic E-state index is 0.279. The second-order valence-corrected chi connectivity index (χ2v) is 6.37. The zero-order valence-electron chi connectivity index (χ0n) is 12.3. The molecule has 21 heavy (non-hydrogen) atoms. The number of hydrogen-bond acceptors (Lipinski definition) is 3. The van der Waals surface area contributed by atoms with Crippen molar-refractivity contribution in [2.24, 2.45) is 0 Å². The highest BCUT2D eigenvalue weighted by molar-refractivity contribution is 14.1. The van der Waals surface area contributed by atoms with E-state index in [0.29, 0.717) is 6.54 Å². The Bertz CT molecular complexity index is 601. The summed E-state index contributed by atoms with van der Waals surface area (Å²) in [6.45, 7) is 4.81. The number of aliphatic hydroxyl groups excluding tert-OH is 1. The minimum Gasteiger partial charge on any atom is -0.491 e. The predicted molar refractivity (Wildman–Crippen MR) is 95.1 cm³/mol. The van der Waals surface area contributed by atoms with Crippen molar-refractivity contribution in [3.8, 4) is 5.75 Å². The first-order chi connectivity index (χ1) is 10.0. The van der Waals surface area contributed by atoms with Gasteiger partial charge in [0.25, 0.3) is 0 Å². The van der Waals surface area contributed by atoms with E-state index in [4.69, 9.17) is 4.74 Å². The third kappa shape index (κ3) is 5.21. The number of ether oxygens (including phenoxy) is 1. The van der Waals surface area contributed by atoms with Crippen LogP contribution in [-0.4, -0.2) is 24.4 Å². The molecular formula is C17H20INO2. The van der Waals surface area contributed by atoms with Gasteiger partial charge in [-0.2, -0.15) is 0 Å². The summed E-state index contributed by atoms with van der Waals surface area (Å²) in [7, 11) is 0. The summed E-state index contributed by atoms with van der Waals surface area (Å²) in [5.41, 5.74) is 3.31. The normalized spacial score (nSPS) is 12.0. The molecule has 0 fully saturated rings. The first-order valence-electron chi connectivity index (χ1n) is 6.92. The molecule has 1 unspecified atom stereocenters. The van der Waals surface area contributed by atoms with Gasteiger partial charge in [-0.3, -0.25) is 0 Å². The first kappa shape index (κ1) is 16.1. The quantitative estimate of drug-likeness (QED) is 0.730. The molecule has 2 rings (SSSR count). The van der Waals surface area contributed by atoms with Gasteiger partial charge >= 0.3 is 0 Å². The molecule has 4 heteroatoms. The number of hydrogen-bond donors (Lipinski definition) is 2. The van der Waals surface area contributed by atoms with Crippen LogP contribution in [0.5, 0.6) is 5.75 Å². The van der Waals surface area contributed by atoms with E-state index < -0.39 is 6.10 Å². The minimum atomic E-state index is -0.552. The second kappa shape index (κ2) is 7.66. The van der Waals surface area contributed by atoms with Crippen LogP contribution in [0.2, 0.25) is 0 Å². The zero-order valence-corrected chi connectivity index (χ0v) is 14.4. The highest BCUT2D eigenvalue weighted by Gasteiger charge is 2.07. The summed E-state index contributed by atoms with van der Waals surface area (Å²) in [5.74, 6) is 0.828. The highest BCUT2D eigenvalue weighted by Crippen LogP contribution is 2.19. The Morgan fingerprint density at radius 1 is 1.19 bits per heavy atom. The predicted octanol–water partition coefficient (Wildman–Crippen LogP) is 3.76. The van der Waals surface area contributed by atoms with E-state index >= 15 is 0 Å². The Kier molecular flexibility index (Phi) is 5.87. The molecule has 0 saturated heterocycles. The van der Waals surface area contributed by atoms with Crippen LogP contribution < -0.4 is 10.1 Å². The maximum absolute atomic E-state index is 10.00. The molecular weight excluding hydrogens is 377 g/mol. The molecule has 0 spiro atoms. The third-order valence-electron chi connectivity index (χ3n) is 3.13. The standard InChI is InChI=1S/C17H20INO2/c1-12-6-7-17(13(2)8-12)21-11-16(20)10-19-15-5-3-4-14(18)9-15/h3-9,16,19-20H,10-11H2,1-2H3. The molecule has 0 bridgehead atoms. The summed E-state index contributed by atoms with van der Waals surface area (Å²) < 4.78 is 6.84. The van der Waals surface area contributed by atoms with Crippen molar-refractivity contribution in [1.82, 2.24) is 0 Å². The molecule has 0 aromatic heterocycles. The van der Waals surface area contributed by atoms with Crippen molar-refractivity contribution in [3.63, 3.8) is 0 Å². The monoisotopic (exact) mass is 397 g/mol. The molecule has 0 aliphatic heterocycles. The molecule has 1 atom stereocenters. The molecule has 2 aromatic carbocycles. The van der Waals surface area contributed by atoms with Gasteiger partial charge in [-0.05, 0) is 66.3 Å². The smallest absolute Gasteiger partial charge is 0.122 e. The van der Waals surface area contributed by atoms with Crippen LogP contribution in [0, 0.1) is 17.4 Å². The van der Waals surface area contributed by atoms with Crippen molar-refractivity contribution >= 4 is 28.3 Å². The van der Waals surface area contributed by atoms with E-state index in [1.807, 2.05) is 43.3 Å². The van der Waals surface area contributed by atoms with Crippen LogP contribution in [0.3, 0.4) is 0 Å². The third-order valence-corrected chi connectivity index (χ3v) is 3.80. The lowest BCUT2D eigenvalue weighted by atomic mass is 10.1. The summed E-state index contributed by atoms with van der Waals surface area (Å²) in [6.07, 6.45) is -0.552. The number of aryl methyl sites for hydroxylation is 2. The van der Waals surface area contributed by atoms with E-state index in [2.05, 4.69) is 40.9 Å². The Morgan fingerprint density at radius 2 is 2.00 bits per heavy atom. The highest BCUT2D eigenvalue weighted by atomic mass is 127. The SMILES string of the molecule is Cc1ccc(OCC(O)CNc2cccc(I)c2)c(C)c1. The van der Waals surface area contributed by atoms with Gasteiger partial charge < -0.3 is 15.2 Å². The molecule has 0 amide bonds. The van der Waals surface area contributed by atoms with Gasteiger partial charge in [-0.15, -0.1) is 0 Å². The van der Waals surface area contributed by atoms with E-state index in [-0.39, 0.29) is 6.61 Å². The molecule has 0 aliphatic rings. The van der Waals surface area contributed by atoms with Crippen molar-refractivity contribution in [1.29, 1.82) is 0 Å². The molecule has 3 nitrogen and oxygen atoms in total. The van der Waals surface area contributed by atoms with Gasteiger partial charge in [0.15, 0.2) is 0 Å². The van der Waals surface area contributed by atoms with Crippen LogP contribution >= 0.6 is 22.6 Å². The fourth-order valence-electron chi connectivity index (χ4n) is 2.04. The molecule has 2 N–H and O–H groups in total. The Hall–Kier alpha value is -1.27. The Labute approximate surface area is 139 Å². The molecule has 2 aromatic rings. The van der Waals surface area contributed by atoms with Crippen molar-refractivity contribution < 1.29 is 9.84 Å². The van der Waals surface area contributed by atoms with Crippen molar-refractivity contribution in [3.05, 3.63) is 57.2 Å². The number of benzene rings is 2. The van der Waals surface area contributed by atoms with Gasteiger partial charge in [0.05, 0.1) is 0 Å². The summed E-state index contributed by atoms with van der Waals surface area (Å²) in [4.78, 5) is 0. The van der Waals surface area contributed by atoms with E-state index in [1.54, 1.807) is 0 Å². The lowest BCUT2D eigenvalue weighted by molar-refractivity contribution is 0.117. The molecule has 0 heterocycles. The van der Waals surface area contributed by atoms with Crippen LogP contribution in [0.15, 0.2) is 42.5 Å². The fraction of sp³-hybridized carbons (Fsp3) is 0.294.